The minimum atomic E-state index is -0.997. The van der Waals surface area contributed by atoms with E-state index >= 15 is 0 Å². The number of hydrogen-bond acceptors (Lipinski definition) is 16. The number of carbonyl (C=O) groups excluding carboxylic acids is 1. The monoisotopic (exact) mass is 1050 g/mol. The Morgan fingerprint density at radius 1 is 0.459 bits per heavy atom. The van der Waals surface area contributed by atoms with Crippen molar-refractivity contribution in [1.29, 1.82) is 0 Å². The van der Waals surface area contributed by atoms with E-state index in [1.54, 1.807) is 6.92 Å². The molecule has 0 radical (unpaired) electrons. The first-order valence-corrected chi connectivity index (χ1v) is 29.5. The van der Waals surface area contributed by atoms with Crippen LogP contribution in [0, 0.1) is 71.0 Å². The van der Waals surface area contributed by atoms with Crippen LogP contribution >= 0.6 is 0 Å². The zero-order valence-electron chi connectivity index (χ0n) is 46.3. The predicted molar refractivity (Wildman–Crippen MR) is 263 cm³/mol. The lowest BCUT2D eigenvalue weighted by Crippen LogP contribution is -2.70. The van der Waals surface area contributed by atoms with Gasteiger partial charge in [0.2, 0.25) is 23.3 Å². The number of rotatable bonds is 16. The van der Waals surface area contributed by atoms with Crippen LogP contribution in [0.25, 0.3) is 0 Å². The topological polar surface area (TPSA) is 168 Å². The number of carbonyl (C=O) groups is 1. The van der Waals surface area contributed by atoms with Gasteiger partial charge in [-0.2, -0.15) is 0 Å². The quantitative estimate of drug-likeness (QED) is 0.115. The van der Waals surface area contributed by atoms with Crippen LogP contribution in [0.5, 0.6) is 0 Å². The average molecular weight is 1050 g/mol. The highest BCUT2D eigenvalue weighted by Crippen LogP contribution is 2.64. The van der Waals surface area contributed by atoms with Gasteiger partial charge < -0.3 is 47.9 Å². The molecule has 420 valence electrons. The van der Waals surface area contributed by atoms with Gasteiger partial charge in [0.25, 0.3) is 0 Å². The van der Waals surface area contributed by atoms with Crippen LogP contribution in [-0.2, 0) is 76.8 Å². The molecule has 6 bridgehead atoms. The van der Waals surface area contributed by atoms with E-state index in [9.17, 15) is 4.79 Å². The molecule has 12 saturated heterocycles. The van der Waals surface area contributed by atoms with Crippen molar-refractivity contribution in [1.82, 2.24) is 5.32 Å². The van der Waals surface area contributed by atoms with Crippen molar-refractivity contribution in [3.05, 3.63) is 0 Å². The maximum absolute atomic E-state index is 13.3. The molecule has 12 heterocycles. The summed E-state index contributed by atoms with van der Waals surface area (Å²) in [6.07, 6.45) is 11.9. The van der Waals surface area contributed by atoms with Crippen LogP contribution in [0.3, 0.4) is 0 Å². The Morgan fingerprint density at radius 3 is 1.07 bits per heavy atom. The molecular formula is C57H91NO16. The fourth-order valence-corrected chi connectivity index (χ4v) is 17.9. The highest BCUT2D eigenvalue weighted by Gasteiger charge is 2.72. The third kappa shape index (κ3) is 8.75. The van der Waals surface area contributed by atoms with E-state index in [2.05, 4.69) is 46.9 Å². The van der Waals surface area contributed by atoms with Gasteiger partial charge >= 0.3 is 0 Å². The average Bonchev–Trinajstić information content (AvgIpc) is 3.85. The van der Waals surface area contributed by atoms with E-state index in [4.69, 9.17) is 72.0 Å². The van der Waals surface area contributed by atoms with Crippen molar-refractivity contribution in [2.75, 3.05) is 39.6 Å². The van der Waals surface area contributed by atoms with Crippen molar-refractivity contribution >= 4 is 5.91 Å². The lowest BCUT2D eigenvalue weighted by molar-refractivity contribution is -0.571. The van der Waals surface area contributed by atoms with E-state index in [1.807, 2.05) is 20.8 Å². The first kappa shape index (κ1) is 53.5. The predicted octanol–water partition coefficient (Wildman–Crippen LogP) is 8.83. The van der Waals surface area contributed by atoms with Crippen LogP contribution in [-0.4, -0.2) is 122 Å². The van der Waals surface area contributed by atoms with Crippen LogP contribution in [0.1, 0.15) is 166 Å². The molecule has 0 aromatic heterocycles. The lowest BCUT2D eigenvalue weighted by atomic mass is 9.57. The Morgan fingerprint density at radius 2 is 0.770 bits per heavy atom. The number of fused-ring (bicyclic) bond motifs is 6. The van der Waals surface area contributed by atoms with Gasteiger partial charge in [-0.1, -0.05) is 41.5 Å². The number of hydrogen-bond donors (Lipinski definition) is 1. The molecule has 1 N–H and O–H groups in total. The zero-order chi connectivity index (χ0) is 51.6. The van der Waals surface area contributed by atoms with E-state index in [0.29, 0.717) is 74.6 Å². The summed E-state index contributed by atoms with van der Waals surface area (Å²) in [5.74, 6) is 0.922. The fourth-order valence-electron chi connectivity index (χ4n) is 17.9. The lowest BCUT2D eigenvalue weighted by Gasteiger charge is -2.60. The SMILES string of the molecule is CC(=O)NC(COCCC1O[C@@H]2OC3(C)CC[C@H]4[C@H](C)CC[C@@H]([C@H]1C)[C@@]24OO3)(COCCC1O[C@@H]2OC3(C)CC[C@H]4[C@H](C)CC[C@@H]([C@H]1C)[C@@]24OO3)COCCC1O[C@@H]2OC3(C)CC[C@H]4[C@H](C)CC[C@@H]([C@H]1C)[C@@]24OO3. The van der Waals surface area contributed by atoms with Gasteiger partial charge in [0.1, 0.15) is 5.54 Å². The number of ether oxygens (including phenoxy) is 9. The molecule has 6 unspecified atom stereocenters. The van der Waals surface area contributed by atoms with Crippen LogP contribution in [0.2, 0.25) is 0 Å². The van der Waals surface area contributed by atoms with Crippen LogP contribution < -0.4 is 5.32 Å². The normalized spacial score (nSPS) is 53.6. The molecule has 0 aromatic carbocycles. The van der Waals surface area contributed by atoms with E-state index in [-0.39, 0.29) is 79.5 Å². The number of amides is 1. The van der Waals surface area contributed by atoms with Crippen molar-refractivity contribution in [3.8, 4) is 0 Å². The standard InChI is InChI=1S/C57H91NO16/c1-32-11-14-42-35(4)45(63-48-55(42)39(32)17-23-51(8,66-48)69-72-55)20-26-60-29-54(58-38(7)59,30-61-27-21-46-36(5)43-15-12-33(2)40-18-24-52(9)67-49(64-46)56(40,43)73-70-52)31-62-28-22-47-37(6)44-16-13-34(3)41-19-25-53(10)68-50(65-47)57(41,44)74-71-53/h32-37,39-50H,11-31H2,1-10H3,(H,58,59)/t32-,33-,34-,35-,36-,37-,39+,40+,41+,42+,43+,44+,45?,46?,47?,48-,49-,50-,51?,52?,53?,54?,55-,56-,57-/m1/s1. The van der Waals surface area contributed by atoms with Gasteiger partial charge in [0.05, 0.1) is 38.1 Å². The second-order valence-corrected chi connectivity index (χ2v) is 26.8. The molecule has 3 spiro atoms. The molecule has 12 aliphatic heterocycles. The molecule has 15 rings (SSSR count). The van der Waals surface area contributed by atoms with Crippen LogP contribution in [0.4, 0.5) is 0 Å². The second kappa shape index (κ2) is 19.8. The van der Waals surface area contributed by atoms with Crippen molar-refractivity contribution in [3.63, 3.8) is 0 Å². The molecule has 1 amide bonds. The number of nitrogens with one attached hydrogen (secondary N) is 1. The maximum Gasteiger partial charge on any atom is 0.217 e. The van der Waals surface area contributed by atoms with Crippen molar-refractivity contribution in [2.45, 2.75) is 242 Å². The summed E-state index contributed by atoms with van der Waals surface area (Å²) in [5, 5.41) is 3.27. The minimum Gasteiger partial charge on any atom is -0.379 e. The maximum atomic E-state index is 13.3. The molecule has 3 aliphatic carbocycles. The highest BCUT2D eigenvalue weighted by atomic mass is 17.3. The molecule has 15 aliphatic rings. The van der Waals surface area contributed by atoms with Gasteiger partial charge in [-0.25, -0.2) is 29.3 Å². The molecule has 3 saturated carbocycles. The largest absolute Gasteiger partial charge is 0.379 e. The van der Waals surface area contributed by atoms with Crippen molar-refractivity contribution in [2.24, 2.45) is 71.0 Å². The molecular weight excluding hydrogens is 955 g/mol. The summed E-state index contributed by atoms with van der Waals surface area (Å²) >= 11 is 0. The smallest absolute Gasteiger partial charge is 0.217 e. The minimum absolute atomic E-state index is 0.114. The second-order valence-electron chi connectivity index (χ2n) is 26.8. The van der Waals surface area contributed by atoms with Crippen LogP contribution in [0.15, 0.2) is 0 Å². The van der Waals surface area contributed by atoms with Gasteiger partial charge in [0, 0.05) is 63.8 Å². The van der Waals surface area contributed by atoms with Gasteiger partial charge in [-0.05, 0) is 151 Å². The molecule has 74 heavy (non-hydrogen) atoms. The molecule has 15 fully saturated rings. The van der Waals surface area contributed by atoms with Gasteiger partial charge in [-0.3, -0.25) is 4.79 Å². The first-order chi connectivity index (χ1) is 35.4. The Labute approximate surface area is 439 Å². The summed E-state index contributed by atoms with van der Waals surface area (Å²) in [5.41, 5.74) is -2.86. The Kier molecular flexibility index (Phi) is 14.3. The van der Waals surface area contributed by atoms with E-state index in [1.165, 1.54) is 0 Å². The van der Waals surface area contributed by atoms with Gasteiger partial charge in [0.15, 0.2) is 35.7 Å². The summed E-state index contributed by atoms with van der Waals surface area (Å²) in [6.45, 7) is 23.1. The molecule has 17 nitrogen and oxygen atoms in total. The molecule has 24 atom stereocenters. The summed E-state index contributed by atoms with van der Waals surface area (Å²) in [6, 6.07) is 0. The zero-order valence-corrected chi connectivity index (χ0v) is 46.3. The van der Waals surface area contributed by atoms with E-state index < -0.39 is 58.6 Å². The summed E-state index contributed by atoms with van der Waals surface area (Å²) in [7, 11) is 0. The fraction of sp³-hybridized carbons (Fsp3) is 0.982. The van der Waals surface area contributed by atoms with Crippen molar-refractivity contribution < 1.29 is 76.8 Å². The third-order valence-corrected chi connectivity index (χ3v) is 22.1. The third-order valence-electron chi connectivity index (χ3n) is 22.1. The Hall–Kier alpha value is -1.13. The summed E-state index contributed by atoms with van der Waals surface area (Å²) < 4.78 is 60.8. The summed E-state index contributed by atoms with van der Waals surface area (Å²) in [4.78, 5) is 50.8. The van der Waals surface area contributed by atoms with E-state index in [0.717, 1.165) is 77.0 Å². The van der Waals surface area contributed by atoms with Gasteiger partial charge in [-0.15, -0.1) is 0 Å². The molecule has 17 heteroatoms. The highest BCUT2D eigenvalue weighted by molar-refractivity contribution is 5.73. The first-order valence-electron chi connectivity index (χ1n) is 29.5. The Balaban J connectivity index is 0.725. The molecule has 0 aromatic rings. The Bertz CT molecular complexity index is 1830.